The topological polar surface area (TPSA) is 61.2 Å². The Kier molecular flexibility index (Phi) is 9.67. The van der Waals surface area contributed by atoms with Crippen molar-refractivity contribution in [2.45, 2.75) is 59.5 Å². The number of hydrazine groups is 1. The lowest BCUT2D eigenvalue weighted by atomic mass is 10.0. The first-order valence-electron chi connectivity index (χ1n) is 13.1. The minimum Gasteiger partial charge on any atom is -0.340 e. The average Bonchev–Trinajstić information content (AvgIpc) is 3.40. The quantitative estimate of drug-likeness (QED) is 0.378. The summed E-state index contributed by atoms with van der Waals surface area (Å²) in [5.74, 6) is 0.779. The maximum Gasteiger partial charge on any atom is 0.130 e. The second-order valence-corrected chi connectivity index (χ2v) is 9.45. The van der Waals surface area contributed by atoms with Gasteiger partial charge in [0.15, 0.2) is 0 Å². The van der Waals surface area contributed by atoms with Crippen molar-refractivity contribution in [1.29, 1.82) is 0 Å². The van der Waals surface area contributed by atoms with E-state index in [1.165, 1.54) is 11.1 Å². The van der Waals surface area contributed by atoms with Gasteiger partial charge >= 0.3 is 0 Å². The predicted octanol–water partition coefficient (Wildman–Crippen LogP) is 6.01. The molecule has 1 aliphatic heterocycles. The second kappa shape index (κ2) is 12.7. The molecule has 0 amide bonds. The summed E-state index contributed by atoms with van der Waals surface area (Å²) in [6.45, 7) is 17.1. The third-order valence-corrected chi connectivity index (χ3v) is 6.75. The number of hydrogen-bond donors (Lipinski definition) is 2. The number of allylic oxidation sites excluding steroid dienone is 1. The van der Waals surface area contributed by atoms with Gasteiger partial charge in [-0.05, 0) is 62.3 Å². The van der Waals surface area contributed by atoms with Crippen molar-refractivity contribution in [2.75, 3.05) is 32.5 Å². The van der Waals surface area contributed by atoms with Crippen LogP contribution in [0.1, 0.15) is 64.6 Å². The maximum absolute atomic E-state index is 4.65. The van der Waals surface area contributed by atoms with Crippen LogP contribution < -0.4 is 10.7 Å². The summed E-state index contributed by atoms with van der Waals surface area (Å²) in [7, 11) is 3.89. The molecule has 1 fully saturated rings. The summed E-state index contributed by atoms with van der Waals surface area (Å²) in [6.07, 6.45) is 10.2. The van der Waals surface area contributed by atoms with E-state index in [1.807, 2.05) is 45.3 Å². The summed E-state index contributed by atoms with van der Waals surface area (Å²) < 4.78 is 2.11. The third kappa shape index (κ3) is 6.74. The Hall–Kier alpha value is -3.16. The average molecular weight is 490 g/mol. The van der Waals surface area contributed by atoms with E-state index in [1.54, 1.807) is 0 Å². The third-order valence-electron chi connectivity index (χ3n) is 6.75. The first kappa shape index (κ1) is 27.4. The van der Waals surface area contributed by atoms with E-state index in [0.717, 1.165) is 53.8 Å². The van der Waals surface area contributed by atoms with Gasteiger partial charge in [0.25, 0.3) is 0 Å². The fraction of sp³-hybridized carbons (Fsp3) is 0.448. The highest BCUT2D eigenvalue weighted by Gasteiger charge is 2.22. The number of fused-ring (bicyclic) bond motifs is 1. The smallest absolute Gasteiger partial charge is 0.130 e. The number of benzene rings is 1. The van der Waals surface area contributed by atoms with Crippen LogP contribution in [0.5, 0.6) is 0 Å². The lowest BCUT2D eigenvalue weighted by Gasteiger charge is -2.34. The van der Waals surface area contributed by atoms with Gasteiger partial charge in [-0.1, -0.05) is 32.6 Å². The van der Waals surface area contributed by atoms with Gasteiger partial charge in [-0.2, -0.15) is 5.10 Å². The summed E-state index contributed by atoms with van der Waals surface area (Å²) >= 11 is 0. The van der Waals surface area contributed by atoms with Crippen molar-refractivity contribution in [3.63, 3.8) is 0 Å². The molecule has 2 N–H and O–H groups in total. The standard InChI is InChI=1S/C27H37N7.C2H6/c1-19(2)33-11-9-26(10-12-33)34-18-25(16-30-34)21(4)31-27-14-24-13-22(7-8-23(24)15-29-27)20(3)17-32(6)28-5;1-2/h7-8,13-19,26,28H,4,9-12H2,1-3,5-6H3,(H,29,31);1-2H3/b20-17+;. The number of nitrogens with one attached hydrogen (secondary N) is 2. The molecule has 194 valence electrons. The highest BCUT2D eigenvalue weighted by Crippen LogP contribution is 2.26. The molecule has 7 nitrogen and oxygen atoms in total. The van der Waals surface area contributed by atoms with Crippen LogP contribution in [-0.2, 0) is 0 Å². The van der Waals surface area contributed by atoms with E-state index in [0.29, 0.717) is 12.1 Å². The normalized spacial score (nSPS) is 15.1. The van der Waals surface area contributed by atoms with E-state index < -0.39 is 0 Å². The zero-order valence-corrected chi connectivity index (χ0v) is 23.0. The van der Waals surface area contributed by atoms with Crippen molar-refractivity contribution in [2.24, 2.45) is 0 Å². The summed E-state index contributed by atoms with van der Waals surface area (Å²) in [5, 5.41) is 12.2. The zero-order valence-electron chi connectivity index (χ0n) is 23.0. The summed E-state index contributed by atoms with van der Waals surface area (Å²) in [6, 6.07) is 9.57. The van der Waals surface area contributed by atoms with Crippen molar-refractivity contribution in [3.05, 3.63) is 66.8 Å². The highest BCUT2D eigenvalue weighted by molar-refractivity contribution is 5.88. The molecule has 1 aliphatic rings. The summed E-state index contributed by atoms with van der Waals surface area (Å²) in [4.78, 5) is 7.13. The van der Waals surface area contributed by atoms with E-state index in [2.05, 4.69) is 94.4 Å². The first-order valence-corrected chi connectivity index (χ1v) is 13.1. The Morgan fingerprint density at radius 3 is 2.50 bits per heavy atom. The molecule has 4 rings (SSSR count). The van der Waals surface area contributed by atoms with Crippen molar-refractivity contribution in [3.8, 4) is 0 Å². The van der Waals surface area contributed by atoms with Crippen molar-refractivity contribution < 1.29 is 0 Å². The molecule has 3 heterocycles. The fourth-order valence-corrected chi connectivity index (χ4v) is 4.47. The molecule has 0 atom stereocenters. The highest BCUT2D eigenvalue weighted by atomic mass is 15.5. The van der Waals surface area contributed by atoms with Crippen molar-refractivity contribution in [1.82, 2.24) is 30.1 Å². The number of pyridine rings is 1. The monoisotopic (exact) mass is 489 g/mol. The molecule has 36 heavy (non-hydrogen) atoms. The molecule has 0 saturated carbocycles. The molecule has 7 heteroatoms. The van der Waals surface area contributed by atoms with Gasteiger partial charge in [-0.25, -0.2) is 10.4 Å². The minimum absolute atomic E-state index is 0.451. The number of anilines is 1. The molecule has 0 unspecified atom stereocenters. The molecule has 1 saturated heterocycles. The van der Waals surface area contributed by atoms with E-state index in [9.17, 15) is 0 Å². The Morgan fingerprint density at radius 1 is 1.11 bits per heavy atom. The molecule has 0 spiro atoms. The van der Waals surface area contributed by atoms with Crippen LogP contribution in [0.2, 0.25) is 0 Å². The summed E-state index contributed by atoms with van der Waals surface area (Å²) in [5.41, 5.74) is 7.26. The van der Waals surface area contributed by atoms with Crippen LogP contribution in [0.25, 0.3) is 22.0 Å². The van der Waals surface area contributed by atoms with Crippen LogP contribution in [0.15, 0.2) is 55.6 Å². The SMILES string of the molecule is C=C(Nc1cc2cc(/C(C)=C/N(C)NC)ccc2cn1)c1cnn(C2CCN(C(C)C)CC2)c1.CC. The van der Waals surface area contributed by atoms with E-state index in [-0.39, 0.29) is 0 Å². The number of nitrogens with zero attached hydrogens (tertiary/aromatic N) is 5. The number of piperidine rings is 1. The lowest BCUT2D eigenvalue weighted by Crippen LogP contribution is -2.39. The van der Waals surface area contributed by atoms with E-state index in [4.69, 9.17) is 0 Å². The Labute approximate surface area is 216 Å². The largest absolute Gasteiger partial charge is 0.340 e. The van der Waals surface area contributed by atoms with Gasteiger partial charge in [0.05, 0.1) is 12.2 Å². The second-order valence-electron chi connectivity index (χ2n) is 9.45. The zero-order chi connectivity index (χ0) is 26.2. The van der Waals surface area contributed by atoms with Crippen LogP contribution in [-0.4, -0.2) is 57.9 Å². The van der Waals surface area contributed by atoms with Crippen LogP contribution in [0, 0.1) is 0 Å². The Balaban J connectivity index is 0.00000176. The predicted molar refractivity (Wildman–Crippen MR) is 153 cm³/mol. The number of rotatable bonds is 8. The Morgan fingerprint density at radius 2 is 1.83 bits per heavy atom. The molecule has 1 aromatic carbocycles. The van der Waals surface area contributed by atoms with E-state index >= 15 is 0 Å². The molecule has 3 aromatic rings. The van der Waals surface area contributed by atoms with Crippen molar-refractivity contribution >= 4 is 27.9 Å². The van der Waals surface area contributed by atoms with Gasteiger partial charge in [-0.3, -0.25) is 4.68 Å². The number of aromatic nitrogens is 3. The van der Waals surface area contributed by atoms with Gasteiger partial charge < -0.3 is 15.2 Å². The van der Waals surface area contributed by atoms with Gasteiger partial charge in [-0.15, -0.1) is 0 Å². The first-order chi connectivity index (χ1) is 17.3. The molecule has 0 bridgehead atoms. The van der Waals surface area contributed by atoms with Crippen LogP contribution in [0.3, 0.4) is 0 Å². The molecule has 2 aromatic heterocycles. The van der Waals surface area contributed by atoms with Gasteiger partial charge in [0.1, 0.15) is 5.82 Å². The minimum atomic E-state index is 0.451. The number of likely N-dealkylation sites (tertiary alicyclic amines) is 1. The van der Waals surface area contributed by atoms with Crippen LogP contribution >= 0.6 is 0 Å². The van der Waals surface area contributed by atoms with Crippen LogP contribution in [0.4, 0.5) is 5.82 Å². The molecule has 0 aliphatic carbocycles. The molecule has 0 radical (unpaired) electrons. The maximum atomic E-state index is 4.65. The van der Waals surface area contributed by atoms with Gasteiger partial charge in [0, 0.05) is 68.5 Å². The van der Waals surface area contributed by atoms with Gasteiger partial charge in [0.2, 0.25) is 0 Å². The molecular weight excluding hydrogens is 446 g/mol. The number of hydrogen-bond acceptors (Lipinski definition) is 6. The Bertz CT molecular complexity index is 1170. The lowest BCUT2D eigenvalue weighted by molar-refractivity contribution is 0.147. The fourth-order valence-electron chi connectivity index (χ4n) is 4.47. The molecular formula is C29H43N7.